The molecule has 0 fully saturated rings. The summed E-state index contributed by atoms with van der Waals surface area (Å²) in [5.41, 5.74) is 1.47. The fourth-order valence-electron chi connectivity index (χ4n) is 1.74. The fourth-order valence-corrected chi connectivity index (χ4v) is 2.10. The van der Waals surface area contributed by atoms with Crippen LogP contribution in [0.25, 0.3) is 0 Å². The Labute approximate surface area is 126 Å². The summed E-state index contributed by atoms with van der Waals surface area (Å²) in [5.74, 6) is 0.415. The Hall–Kier alpha value is -1.88. The van der Waals surface area contributed by atoms with Gasteiger partial charge >= 0.3 is 0 Å². The summed E-state index contributed by atoms with van der Waals surface area (Å²) in [4.78, 5) is 16.2. The van der Waals surface area contributed by atoms with Crippen LogP contribution in [-0.4, -0.2) is 17.5 Å². The monoisotopic (exact) mass is 334 g/mol. The first-order valence-electron chi connectivity index (χ1n) is 6.30. The van der Waals surface area contributed by atoms with Gasteiger partial charge < -0.3 is 10.1 Å². The Bertz CT molecular complexity index is 588. The molecule has 20 heavy (non-hydrogen) atoms. The Balaban J connectivity index is 2.10. The topological polar surface area (TPSA) is 51.2 Å². The zero-order valence-corrected chi connectivity index (χ0v) is 12.7. The first kappa shape index (κ1) is 14.5. The second-order valence-corrected chi connectivity index (χ2v) is 5.03. The van der Waals surface area contributed by atoms with Gasteiger partial charge in [0.2, 0.25) is 0 Å². The molecule has 0 bridgehead atoms. The van der Waals surface area contributed by atoms with E-state index in [-0.39, 0.29) is 5.91 Å². The highest BCUT2D eigenvalue weighted by Gasteiger charge is 2.12. The van der Waals surface area contributed by atoms with Crippen molar-refractivity contribution < 1.29 is 9.53 Å². The molecule has 0 aliphatic heterocycles. The smallest absolute Gasteiger partial charge is 0.255 e. The van der Waals surface area contributed by atoms with Crippen LogP contribution in [0, 0.1) is 0 Å². The lowest BCUT2D eigenvalue weighted by atomic mass is 10.2. The number of benzene rings is 1. The van der Waals surface area contributed by atoms with Crippen LogP contribution in [0.1, 0.15) is 22.8 Å². The molecular weight excluding hydrogens is 320 g/mol. The molecule has 0 saturated carbocycles. The minimum atomic E-state index is -0.168. The van der Waals surface area contributed by atoms with Crippen LogP contribution < -0.4 is 10.1 Å². The van der Waals surface area contributed by atoms with Gasteiger partial charge in [-0.25, -0.2) is 0 Å². The van der Waals surface area contributed by atoms with Crippen molar-refractivity contribution in [2.24, 2.45) is 0 Å². The second kappa shape index (κ2) is 7.05. The van der Waals surface area contributed by atoms with Gasteiger partial charge in [0.05, 0.1) is 12.2 Å². The van der Waals surface area contributed by atoms with Crippen molar-refractivity contribution in [3.8, 4) is 5.75 Å². The standard InChI is InChI=1S/C15H15BrN2O2/c1-2-20-14-6-5-12(16)8-13(14)15(19)18-10-11-4-3-7-17-9-11/h3-9H,2,10H2,1H3,(H,18,19). The van der Waals surface area contributed by atoms with Crippen LogP contribution in [0.3, 0.4) is 0 Å². The van der Waals surface area contributed by atoms with Gasteiger partial charge in [0.1, 0.15) is 5.75 Å². The van der Waals surface area contributed by atoms with Crippen LogP contribution in [0.2, 0.25) is 0 Å². The van der Waals surface area contributed by atoms with Crippen LogP contribution in [0.5, 0.6) is 5.75 Å². The van der Waals surface area contributed by atoms with Crippen molar-refractivity contribution in [3.05, 3.63) is 58.3 Å². The minimum absolute atomic E-state index is 0.168. The molecule has 0 radical (unpaired) electrons. The molecule has 2 rings (SSSR count). The molecule has 1 heterocycles. The van der Waals surface area contributed by atoms with Gasteiger partial charge in [-0.15, -0.1) is 0 Å². The van der Waals surface area contributed by atoms with Gasteiger partial charge in [-0.05, 0) is 36.8 Å². The van der Waals surface area contributed by atoms with Crippen LogP contribution in [0.15, 0.2) is 47.2 Å². The third kappa shape index (κ3) is 3.81. The SMILES string of the molecule is CCOc1ccc(Br)cc1C(=O)NCc1cccnc1. The Morgan fingerprint density at radius 1 is 1.40 bits per heavy atom. The number of nitrogens with zero attached hydrogens (tertiary/aromatic N) is 1. The molecule has 5 heteroatoms. The number of nitrogens with one attached hydrogen (secondary N) is 1. The molecule has 1 N–H and O–H groups in total. The molecule has 1 amide bonds. The first-order chi connectivity index (χ1) is 9.70. The van der Waals surface area contributed by atoms with E-state index in [1.165, 1.54) is 0 Å². The molecule has 0 atom stereocenters. The maximum Gasteiger partial charge on any atom is 0.255 e. The molecule has 1 aromatic carbocycles. The highest BCUT2D eigenvalue weighted by Crippen LogP contribution is 2.23. The van der Waals surface area contributed by atoms with E-state index in [0.717, 1.165) is 10.0 Å². The van der Waals surface area contributed by atoms with E-state index in [4.69, 9.17) is 4.74 Å². The van der Waals surface area contributed by atoms with Crippen molar-refractivity contribution >= 4 is 21.8 Å². The minimum Gasteiger partial charge on any atom is -0.493 e. The van der Waals surface area contributed by atoms with E-state index in [1.807, 2.05) is 25.1 Å². The number of halogens is 1. The summed E-state index contributed by atoms with van der Waals surface area (Å²) >= 11 is 3.37. The molecule has 0 aliphatic carbocycles. The summed E-state index contributed by atoms with van der Waals surface area (Å²) in [6.45, 7) is 2.84. The van der Waals surface area contributed by atoms with Crippen LogP contribution >= 0.6 is 15.9 Å². The maximum atomic E-state index is 12.2. The molecule has 0 saturated heterocycles. The normalized spacial score (nSPS) is 10.1. The average Bonchev–Trinajstić information content (AvgIpc) is 2.48. The number of carbonyl (C=O) groups excluding carboxylic acids is 1. The van der Waals surface area contributed by atoms with E-state index in [9.17, 15) is 4.79 Å². The van der Waals surface area contributed by atoms with Crippen molar-refractivity contribution in [3.63, 3.8) is 0 Å². The number of hydrogen-bond donors (Lipinski definition) is 1. The quantitative estimate of drug-likeness (QED) is 0.913. The molecule has 4 nitrogen and oxygen atoms in total. The first-order valence-corrected chi connectivity index (χ1v) is 7.09. The van der Waals surface area contributed by atoms with Gasteiger partial charge in [-0.1, -0.05) is 22.0 Å². The molecule has 1 aromatic heterocycles. The van der Waals surface area contributed by atoms with E-state index in [2.05, 4.69) is 26.2 Å². The molecular formula is C15H15BrN2O2. The predicted molar refractivity (Wildman–Crippen MR) is 80.7 cm³/mol. The Morgan fingerprint density at radius 3 is 2.95 bits per heavy atom. The summed E-state index contributed by atoms with van der Waals surface area (Å²) in [6, 6.07) is 9.14. The Kier molecular flexibility index (Phi) is 5.12. The highest BCUT2D eigenvalue weighted by atomic mass is 79.9. The summed E-state index contributed by atoms with van der Waals surface area (Å²) < 4.78 is 6.31. The van der Waals surface area contributed by atoms with E-state index in [0.29, 0.717) is 24.5 Å². The largest absolute Gasteiger partial charge is 0.493 e. The van der Waals surface area contributed by atoms with Crippen molar-refractivity contribution in [2.45, 2.75) is 13.5 Å². The summed E-state index contributed by atoms with van der Waals surface area (Å²) in [6.07, 6.45) is 3.43. The van der Waals surface area contributed by atoms with E-state index in [1.54, 1.807) is 24.5 Å². The zero-order chi connectivity index (χ0) is 14.4. The van der Waals surface area contributed by atoms with E-state index >= 15 is 0 Å². The molecule has 2 aromatic rings. The van der Waals surface area contributed by atoms with Gasteiger partial charge in [0, 0.05) is 23.4 Å². The van der Waals surface area contributed by atoms with Crippen LogP contribution in [0.4, 0.5) is 0 Å². The maximum absolute atomic E-state index is 12.2. The third-order valence-corrected chi connectivity index (χ3v) is 3.16. The lowest BCUT2D eigenvalue weighted by molar-refractivity contribution is 0.0947. The molecule has 104 valence electrons. The number of ether oxygens (including phenoxy) is 1. The number of rotatable bonds is 5. The second-order valence-electron chi connectivity index (χ2n) is 4.12. The van der Waals surface area contributed by atoms with Crippen molar-refractivity contribution in [1.82, 2.24) is 10.3 Å². The molecule has 0 unspecified atom stereocenters. The lowest BCUT2D eigenvalue weighted by Crippen LogP contribution is -2.23. The van der Waals surface area contributed by atoms with Crippen molar-refractivity contribution in [1.29, 1.82) is 0 Å². The third-order valence-electron chi connectivity index (χ3n) is 2.66. The molecule has 0 aliphatic rings. The number of carbonyl (C=O) groups is 1. The zero-order valence-electron chi connectivity index (χ0n) is 11.1. The lowest BCUT2D eigenvalue weighted by Gasteiger charge is -2.11. The number of hydrogen-bond acceptors (Lipinski definition) is 3. The van der Waals surface area contributed by atoms with Gasteiger partial charge in [-0.2, -0.15) is 0 Å². The summed E-state index contributed by atoms with van der Waals surface area (Å²) in [7, 11) is 0. The molecule has 0 spiro atoms. The number of pyridine rings is 1. The fraction of sp³-hybridized carbons (Fsp3) is 0.200. The van der Waals surface area contributed by atoms with Crippen LogP contribution in [-0.2, 0) is 6.54 Å². The van der Waals surface area contributed by atoms with E-state index < -0.39 is 0 Å². The van der Waals surface area contributed by atoms with Crippen molar-refractivity contribution in [2.75, 3.05) is 6.61 Å². The van der Waals surface area contributed by atoms with Gasteiger partial charge in [0.25, 0.3) is 5.91 Å². The Morgan fingerprint density at radius 2 is 2.25 bits per heavy atom. The van der Waals surface area contributed by atoms with Gasteiger partial charge in [0.15, 0.2) is 0 Å². The van der Waals surface area contributed by atoms with Gasteiger partial charge in [-0.3, -0.25) is 9.78 Å². The summed E-state index contributed by atoms with van der Waals surface area (Å²) in [5, 5.41) is 2.86. The highest BCUT2D eigenvalue weighted by molar-refractivity contribution is 9.10. The predicted octanol–water partition coefficient (Wildman–Crippen LogP) is 3.17. The number of amides is 1. The average molecular weight is 335 g/mol. The number of aromatic nitrogens is 1.